The van der Waals surface area contributed by atoms with Gasteiger partial charge >= 0.3 is 0 Å². The summed E-state index contributed by atoms with van der Waals surface area (Å²) in [6, 6.07) is 9.21. The van der Waals surface area contributed by atoms with Gasteiger partial charge in [-0.3, -0.25) is 4.98 Å². The molecule has 1 fully saturated rings. The van der Waals surface area contributed by atoms with Gasteiger partial charge in [0.15, 0.2) is 5.82 Å². The van der Waals surface area contributed by atoms with Gasteiger partial charge in [-0.15, -0.1) is 0 Å². The van der Waals surface area contributed by atoms with Crippen LogP contribution in [0.15, 0.2) is 36.5 Å². The molecule has 4 nitrogen and oxygen atoms in total. The SMILES string of the molecule is Cc1ncccc1N1CCN(c2cccc(CO)c2F)CC1. The number of halogens is 1. The molecule has 0 radical (unpaired) electrons. The average molecular weight is 301 g/mol. The molecule has 1 N–H and O–H groups in total. The Morgan fingerprint density at radius 1 is 1.05 bits per heavy atom. The Bertz CT molecular complexity index is 654. The fraction of sp³-hybridized carbons (Fsp3) is 0.353. The topological polar surface area (TPSA) is 39.6 Å². The molecule has 0 unspecified atom stereocenters. The molecule has 1 aliphatic heterocycles. The molecule has 5 heteroatoms. The lowest BCUT2D eigenvalue weighted by Crippen LogP contribution is -2.47. The van der Waals surface area contributed by atoms with Crippen LogP contribution in [-0.2, 0) is 6.61 Å². The highest BCUT2D eigenvalue weighted by atomic mass is 19.1. The van der Waals surface area contributed by atoms with Crippen LogP contribution in [0, 0.1) is 12.7 Å². The third-order valence-corrected chi connectivity index (χ3v) is 4.17. The second kappa shape index (κ2) is 6.32. The summed E-state index contributed by atoms with van der Waals surface area (Å²) in [5.74, 6) is -0.309. The van der Waals surface area contributed by atoms with Gasteiger partial charge in [-0.05, 0) is 25.1 Å². The van der Waals surface area contributed by atoms with Crippen molar-refractivity contribution in [2.24, 2.45) is 0 Å². The van der Waals surface area contributed by atoms with Gasteiger partial charge in [0, 0.05) is 37.9 Å². The minimum atomic E-state index is -0.309. The number of aromatic nitrogens is 1. The summed E-state index contributed by atoms with van der Waals surface area (Å²) < 4.78 is 14.3. The zero-order valence-corrected chi connectivity index (χ0v) is 12.7. The second-order valence-corrected chi connectivity index (χ2v) is 5.49. The summed E-state index contributed by atoms with van der Waals surface area (Å²) >= 11 is 0. The maximum Gasteiger partial charge on any atom is 0.151 e. The Balaban J connectivity index is 1.74. The number of anilines is 2. The maximum absolute atomic E-state index is 14.3. The molecule has 116 valence electrons. The molecule has 1 aromatic heterocycles. The fourth-order valence-electron chi connectivity index (χ4n) is 2.93. The first kappa shape index (κ1) is 14.8. The van der Waals surface area contributed by atoms with E-state index in [4.69, 9.17) is 0 Å². The van der Waals surface area contributed by atoms with Crippen molar-refractivity contribution in [3.63, 3.8) is 0 Å². The van der Waals surface area contributed by atoms with Gasteiger partial charge in [-0.1, -0.05) is 12.1 Å². The van der Waals surface area contributed by atoms with Crippen molar-refractivity contribution in [3.05, 3.63) is 53.6 Å². The van der Waals surface area contributed by atoms with Crippen molar-refractivity contribution in [3.8, 4) is 0 Å². The predicted molar refractivity (Wildman–Crippen MR) is 85.7 cm³/mol. The molecular weight excluding hydrogens is 281 g/mol. The number of benzene rings is 1. The second-order valence-electron chi connectivity index (χ2n) is 5.49. The van der Waals surface area contributed by atoms with Gasteiger partial charge in [0.25, 0.3) is 0 Å². The molecular formula is C17H20FN3O. The van der Waals surface area contributed by atoms with E-state index in [0.29, 0.717) is 11.3 Å². The quantitative estimate of drug-likeness (QED) is 0.944. The van der Waals surface area contributed by atoms with Crippen LogP contribution in [0.4, 0.5) is 15.8 Å². The number of rotatable bonds is 3. The minimum Gasteiger partial charge on any atom is -0.392 e. The molecule has 0 bridgehead atoms. The van der Waals surface area contributed by atoms with E-state index in [1.807, 2.05) is 17.9 Å². The summed E-state index contributed by atoms with van der Waals surface area (Å²) in [5.41, 5.74) is 3.09. The molecule has 22 heavy (non-hydrogen) atoms. The molecule has 2 heterocycles. The Morgan fingerprint density at radius 2 is 1.68 bits per heavy atom. The molecule has 0 aliphatic carbocycles. The molecule has 0 amide bonds. The van der Waals surface area contributed by atoms with Gasteiger partial charge < -0.3 is 14.9 Å². The largest absolute Gasteiger partial charge is 0.392 e. The van der Waals surface area contributed by atoms with Crippen LogP contribution in [0.1, 0.15) is 11.3 Å². The summed E-state index contributed by atoms with van der Waals surface area (Å²) in [7, 11) is 0. The molecule has 3 rings (SSSR count). The van der Waals surface area contributed by atoms with Gasteiger partial charge in [0.05, 0.1) is 23.7 Å². The van der Waals surface area contributed by atoms with Crippen LogP contribution in [0.25, 0.3) is 0 Å². The lowest BCUT2D eigenvalue weighted by molar-refractivity contribution is 0.276. The van der Waals surface area contributed by atoms with Crippen LogP contribution < -0.4 is 9.80 Å². The maximum atomic E-state index is 14.3. The highest BCUT2D eigenvalue weighted by Gasteiger charge is 2.21. The number of hydrogen-bond acceptors (Lipinski definition) is 4. The smallest absolute Gasteiger partial charge is 0.151 e. The zero-order valence-electron chi connectivity index (χ0n) is 12.7. The number of pyridine rings is 1. The van der Waals surface area contributed by atoms with Crippen molar-refractivity contribution in [1.82, 2.24) is 4.98 Å². The van der Waals surface area contributed by atoms with Crippen molar-refractivity contribution in [2.45, 2.75) is 13.5 Å². The number of aryl methyl sites for hydroxylation is 1. The number of piperazine rings is 1. The van der Waals surface area contributed by atoms with E-state index >= 15 is 0 Å². The van der Waals surface area contributed by atoms with Gasteiger partial charge in [-0.25, -0.2) is 4.39 Å². The van der Waals surface area contributed by atoms with E-state index in [9.17, 15) is 9.50 Å². The van der Waals surface area contributed by atoms with Gasteiger partial charge in [0.2, 0.25) is 0 Å². The van der Waals surface area contributed by atoms with E-state index < -0.39 is 0 Å². The third-order valence-electron chi connectivity index (χ3n) is 4.17. The van der Waals surface area contributed by atoms with Crippen molar-refractivity contribution in [1.29, 1.82) is 0 Å². The molecule has 1 aliphatic rings. The van der Waals surface area contributed by atoms with Crippen LogP contribution >= 0.6 is 0 Å². The standard InChI is InChI=1S/C17H20FN3O/c1-13-15(6-3-7-19-13)20-8-10-21(11-9-20)16-5-2-4-14(12-22)17(16)18/h2-7,22H,8-12H2,1H3. The van der Waals surface area contributed by atoms with Crippen LogP contribution in [-0.4, -0.2) is 36.3 Å². The normalized spacial score (nSPS) is 15.2. The Labute approximate surface area is 129 Å². The number of hydrogen-bond donors (Lipinski definition) is 1. The number of aliphatic hydroxyl groups excluding tert-OH is 1. The Kier molecular flexibility index (Phi) is 4.24. The molecule has 0 saturated carbocycles. The molecule has 0 spiro atoms. The van der Waals surface area contributed by atoms with Gasteiger partial charge in [-0.2, -0.15) is 0 Å². The Morgan fingerprint density at radius 3 is 2.32 bits per heavy atom. The first-order chi connectivity index (χ1) is 10.7. The number of nitrogens with zero attached hydrogens (tertiary/aromatic N) is 3. The third kappa shape index (κ3) is 2.76. The lowest BCUT2D eigenvalue weighted by Gasteiger charge is -2.38. The lowest BCUT2D eigenvalue weighted by atomic mass is 10.1. The van der Waals surface area contributed by atoms with E-state index in [1.165, 1.54) is 0 Å². The molecule has 1 saturated heterocycles. The predicted octanol–water partition coefficient (Wildman–Crippen LogP) is 2.35. The first-order valence-electron chi connectivity index (χ1n) is 7.50. The van der Waals surface area contributed by atoms with Crippen LogP contribution in [0.2, 0.25) is 0 Å². The van der Waals surface area contributed by atoms with E-state index in [-0.39, 0.29) is 12.4 Å². The van der Waals surface area contributed by atoms with E-state index in [2.05, 4.69) is 16.0 Å². The number of aliphatic hydroxyl groups is 1. The van der Waals surface area contributed by atoms with E-state index in [1.54, 1.807) is 24.4 Å². The Hall–Kier alpha value is -2.14. The highest BCUT2D eigenvalue weighted by Crippen LogP contribution is 2.25. The first-order valence-corrected chi connectivity index (χ1v) is 7.50. The molecule has 2 aromatic rings. The summed E-state index contributed by atoms with van der Waals surface area (Å²) in [6.07, 6.45) is 1.80. The zero-order chi connectivity index (χ0) is 15.5. The summed E-state index contributed by atoms with van der Waals surface area (Å²) in [4.78, 5) is 8.65. The van der Waals surface area contributed by atoms with Crippen LogP contribution in [0.5, 0.6) is 0 Å². The van der Waals surface area contributed by atoms with Crippen molar-refractivity contribution < 1.29 is 9.50 Å². The minimum absolute atomic E-state index is 0.269. The van der Waals surface area contributed by atoms with E-state index in [0.717, 1.165) is 37.6 Å². The van der Waals surface area contributed by atoms with Gasteiger partial charge in [0.1, 0.15) is 0 Å². The monoisotopic (exact) mass is 301 g/mol. The summed E-state index contributed by atoms with van der Waals surface area (Å²) in [5, 5.41) is 9.19. The molecule has 0 atom stereocenters. The fourth-order valence-corrected chi connectivity index (χ4v) is 2.93. The summed E-state index contributed by atoms with van der Waals surface area (Å²) in [6.45, 7) is 4.89. The average Bonchev–Trinajstić information content (AvgIpc) is 2.56. The van der Waals surface area contributed by atoms with Crippen LogP contribution in [0.3, 0.4) is 0 Å². The van der Waals surface area contributed by atoms with Crippen molar-refractivity contribution >= 4 is 11.4 Å². The highest BCUT2D eigenvalue weighted by molar-refractivity contribution is 5.55. The molecule has 1 aromatic carbocycles. The van der Waals surface area contributed by atoms with Crippen molar-refractivity contribution in [2.75, 3.05) is 36.0 Å².